The Kier molecular flexibility index (Phi) is 7.52. The third-order valence-corrected chi connectivity index (χ3v) is 7.04. The number of piperazine rings is 1. The summed E-state index contributed by atoms with van der Waals surface area (Å²) in [6, 6.07) is 15.1. The maximum absolute atomic E-state index is 13.0. The van der Waals surface area contributed by atoms with Gasteiger partial charge in [-0.25, -0.2) is 4.79 Å². The summed E-state index contributed by atoms with van der Waals surface area (Å²) < 4.78 is 0. The predicted molar refractivity (Wildman–Crippen MR) is 134 cm³/mol. The smallest absolute Gasteiger partial charge is 0.325 e. The first-order valence-corrected chi connectivity index (χ1v) is 12.3. The van der Waals surface area contributed by atoms with Crippen molar-refractivity contribution in [2.75, 3.05) is 39.3 Å². The van der Waals surface area contributed by atoms with E-state index >= 15 is 0 Å². The molecule has 35 heavy (non-hydrogen) atoms. The quantitative estimate of drug-likeness (QED) is 0.570. The molecule has 8 nitrogen and oxygen atoms in total. The van der Waals surface area contributed by atoms with Crippen molar-refractivity contribution in [1.29, 1.82) is 0 Å². The Bertz CT molecular complexity index is 1060. The van der Waals surface area contributed by atoms with Gasteiger partial charge in [0.15, 0.2) is 0 Å². The number of hydrogen-bond acceptors (Lipinski definition) is 5. The van der Waals surface area contributed by atoms with Gasteiger partial charge in [-0.15, -0.1) is 0 Å². The van der Waals surface area contributed by atoms with Crippen LogP contribution in [-0.2, 0) is 28.2 Å². The zero-order chi connectivity index (χ0) is 25.0. The summed E-state index contributed by atoms with van der Waals surface area (Å²) in [5.74, 6) is -0.801. The Morgan fingerprint density at radius 1 is 0.943 bits per heavy atom. The first-order chi connectivity index (χ1) is 16.8. The van der Waals surface area contributed by atoms with E-state index in [0.29, 0.717) is 12.1 Å². The molecule has 0 aliphatic carbocycles. The number of nitrogens with one attached hydrogen (secondary N) is 2. The molecule has 0 aromatic heterocycles. The van der Waals surface area contributed by atoms with Gasteiger partial charge in [0.05, 0.1) is 0 Å². The molecule has 2 aromatic carbocycles. The molecular weight excluding hydrogens is 442 g/mol. The number of aryl methyl sites for hydroxylation is 1. The number of rotatable bonds is 8. The van der Waals surface area contributed by atoms with Crippen molar-refractivity contribution in [3.05, 3.63) is 70.8 Å². The van der Waals surface area contributed by atoms with Crippen molar-refractivity contribution < 1.29 is 14.4 Å². The predicted octanol–water partition coefficient (Wildman–Crippen LogP) is 2.22. The molecule has 2 aliphatic rings. The van der Waals surface area contributed by atoms with Crippen LogP contribution in [0.5, 0.6) is 0 Å². The molecule has 2 aliphatic heterocycles. The molecule has 0 saturated carbocycles. The second-order valence-corrected chi connectivity index (χ2v) is 9.62. The maximum atomic E-state index is 13.0. The van der Waals surface area contributed by atoms with Gasteiger partial charge in [-0.3, -0.25) is 19.4 Å². The van der Waals surface area contributed by atoms with Gasteiger partial charge >= 0.3 is 6.03 Å². The van der Waals surface area contributed by atoms with Gasteiger partial charge in [-0.05, 0) is 37.1 Å². The zero-order valence-electron chi connectivity index (χ0n) is 20.8. The summed E-state index contributed by atoms with van der Waals surface area (Å²) in [5.41, 5.74) is 2.80. The largest absolute Gasteiger partial charge is 0.350 e. The Labute approximate surface area is 207 Å². The van der Waals surface area contributed by atoms with Gasteiger partial charge in [0.25, 0.3) is 5.91 Å². The molecule has 1 unspecified atom stereocenters. The van der Waals surface area contributed by atoms with E-state index < -0.39 is 17.5 Å². The van der Waals surface area contributed by atoms with Gasteiger partial charge in [-0.2, -0.15) is 0 Å². The molecule has 2 aromatic rings. The number of nitrogens with zero attached hydrogens (tertiary/aromatic N) is 3. The number of carbonyl (C=O) groups is 3. The molecule has 0 radical (unpaired) electrons. The van der Waals surface area contributed by atoms with Crippen molar-refractivity contribution >= 4 is 17.8 Å². The number of benzene rings is 2. The number of hydrogen-bond donors (Lipinski definition) is 2. The highest BCUT2D eigenvalue weighted by Crippen LogP contribution is 2.28. The summed E-state index contributed by atoms with van der Waals surface area (Å²) in [5, 5.41) is 5.57. The first kappa shape index (κ1) is 24.9. The van der Waals surface area contributed by atoms with E-state index in [0.717, 1.165) is 55.3 Å². The molecule has 1 atom stereocenters. The first-order valence-electron chi connectivity index (χ1n) is 12.3. The minimum absolute atomic E-state index is 0.312. The van der Waals surface area contributed by atoms with E-state index in [4.69, 9.17) is 0 Å². The van der Waals surface area contributed by atoms with Crippen LogP contribution in [0.15, 0.2) is 48.5 Å². The highest BCUT2D eigenvalue weighted by Gasteiger charge is 2.49. The van der Waals surface area contributed by atoms with Crippen molar-refractivity contribution in [2.24, 2.45) is 0 Å². The average Bonchev–Trinajstić information content (AvgIpc) is 3.08. The molecule has 0 bridgehead atoms. The summed E-state index contributed by atoms with van der Waals surface area (Å²) in [6.45, 7) is 12.3. The highest BCUT2D eigenvalue weighted by atomic mass is 16.2. The Morgan fingerprint density at radius 2 is 1.54 bits per heavy atom. The van der Waals surface area contributed by atoms with E-state index in [1.54, 1.807) is 6.92 Å². The monoisotopic (exact) mass is 477 g/mol. The molecule has 2 heterocycles. The maximum Gasteiger partial charge on any atom is 0.325 e. The highest BCUT2D eigenvalue weighted by molar-refractivity contribution is 6.09. The lowest BCUT2D eigenvalue weighted by Gasteiger charge is -2.34. The van der Waals surface area contributed by atoms with E-state index in [1.807, 2.05) is 43.3 Å². The van der Waals surface area contributed by atoms with Crippen molar-refractivity contribution in [1.82, 2.24) is 25.3 Å². The number of urea groups is 1. The molecule has 186 valence electrons. The SMILES string of the molecule is CCN1CCN(Cc2ccc(CNC(=O)CN3C(=O)NC(C)(c4ccc(C)cc4)C3=O)cc2)CC1. The van der Waals surface area contributed by atoms with Gasteiger partial charge < -0.3 is 15.5 Å². The fourth-order valence-corrected chi connectivity index (χ4v) is 4.61. The molecule has 8 heteroatoms. The van der Waals surface area contributed by atoms with Crippen molar-refractivity contribution in [3.63, 3.8) is 0 Å². The van der Waals surface area contributed by atoms with E-state index in [1.165, 1.54) is 5.56 Å². The van der Waals surface area contributed by atoms with Crippen LogP contribution in [-0.4, -0.2) is 71.8 Å². The molecular formula is C27H35N5O3. The van der Waals surface area contributed by atoms with E-state index in [9.17, 15) is 14.4 Å². The van der Waals surface area contributed by atoms with Gasteiger partial charge in [0.1, 0.15) is 12.1 Å². The second kappa shape index (κ2) is 10.6. The summed E-state index contributed by atoms with van der Waals surface area (Å²) in [7, 11) is 0. The molecule has 2 fully saturated rings. The van der Waals surface area contributed by atoms with Gasteiger partial charge in [0, 0.05) is 39.3 Å². The van der Waals surface area contributed by atoms with Crippen LogP contribution in [0.4, 0.5) is 4.79 Å². The molecule has 4 amide bonds. The second-order valence-electron chi connectivity index (χ2n) is 9.62. The fourth-order valence-electron chi connectivity index (χ4n) is 4.61. The van der Waals surface area contributed by atoms with Gasteiger partial charge in [-0.1, -0.05) is 61.0 Å². The van der Waals surface area contributed by atoms with Crippen LogP contribution >= 0.6 is 0 Å². The Hall–Kier alpha value is -3.23. The fraction of sp³-hybridized carbons (Fsp3) is 0.444. The van der Waals surface area contributed by atoms with E-state index in [2.05, 4.69) is 39.5 Å². The normalized spacial score (nSPS) is 21.3. The molecule has 2 N–H and O–H groups in total. The minimum Gasteiger partial charge on any atom is -0.350 e. The summed E-state index contributed by atoms with van der Waals surface area (Å²) in [6.07, 6.45) is 0. The lowest BCUT2D eigenvalue weighted by atomic mass is 9.91. The van der Waals surface area contributed by atoms with Crippen molar-refractivity contribution in [3.8, 4) is 0 Å². The van der Waals surface area contributed by atoms with E-state index in [-0.39, 0.29) is 12.5 Å². The number of likely N-dealkylation sites (N-methyl/N-ethyl adjacent to an activating group) is 1. The number of amides is 4. The Morgan fingerprint density at radius 3 is 2.17 bits per heavy atom. The lowest BCUT2D eigenvalue weighted by Crippen LogP contribution is -2.45. The molecule has 0 spiro atoms. The summed E-state index contributed by atoms with van der Waals surface area (Å²) >= 11 is 0. The lowest BCUT2D eigenvalue weighted by molar-refractivity contribution is -0.134. The van der Waals surface area contributed by atoms with Crippen LogP contribution < -0.4 is 10.6 Å². The third kappa shape index (κ3) is 5.71. The van der Waals surface area contributed by atoms with Crippen LogP contribution in [0.25, 0.3) is 0 Å². The summed E-state index contributed by atoms with van der Waals surface area (Å²) in [4.78, 5) is 44.0. The van der Waals surface area contributed by atoms with Crippen LogP contribution in [0.1, 0.15) is 36.1 Å². The molecule has 2 saturated heterocycles. The number of imide groups is 1. The topological polar surface area (TPSA) is 85.0 Å². The van der Waals surface area contributed by atoms with Crippen molar-refractivity contribution in [2.45, 2.75) is 39.4 Å². The van der Waals surface area contributed by atoms with Crippen LogP contribution in [0.3, 0.4) is 0 Å². The average molecular weight is 478 g/mol. The van der Waals surface area contributed by atoms with Gasteiger partial charge in [0.2, 0.25) is 5.91 Å². The zero-order valence-corrected chi connectivity index (χ0v) is 20.8. The Balaban J connectivity index is 1.27. The standard InChI is InChI=1S/C27H35N5O3/c1-4-30-13-15-31(16-14-30)18-22-9-7-21(8-10-22)17-28-24(33)19-32-25(34)27(3,29-26(32)35)23-11-5-20(2)6-12-23/h5-12H,4,13-19H2,1-3H3,(H,28,33)(H,29,35). The third-order valence-electron chi connectivity index (χ3n) is 7.04. The van der Waals surface area contributed by atoms with Crippen LogP contribution in [0, 0.1) is 6.92 Å². The molecule has 4 rings (SSSR count). The number of carbonyl (C=O) groups excluding carboxylic acids is 3. The van der Waals surface area contributed by atoms with Crippen LogP contribution in [0.2, 0.25) is 0 Å². The minimum atomic E-state index is -1.18.